The zero-order valence-electron chi connectivity index (χ0n) is 14.1. The monoisotopic (exact) mass is 332 g/mol. The first-order valence-corrected chi connectivity index (χ1v) is 8.14. The van der Waals surface area contributed by atoms with Crippen LogP contribution in [0.1, 0.15) is 32.6 Å². The van der Waals surface area contributed by atoms with E-state index in [-0.39, 0.29) is 18.7 Å². The predicted molar refractivity (Wildman–Crippen MR) is 92.1 cm³/mol. The summed E-state index contributed by atoms with van der Waals surface area (Å²) in [6, 6.07) is 6.61. The second-order valence-electron chi connectivity index (χ2n) is 5.73. The van der Waals surface area contributed by atoms with Crippen molar-refractivity contribution in [2.45, 2.75) is 38.6 Å². The van der Waals surface area contributed by atoms with E-state index in [1.54, 1.807) is 24.3 Å². The summed E-state index contributed by atoms with van der Waals surface area (Å²) in [6.07, 6.45) is 6.78. The zero-order chi connectivity index (χ0) is 17.4. The Labute approximate surface area is 142 Å². The largest absolute Gasteiger partial charge is 0.482 e. The van der Waals surface area contributed by atoms with Crippen LogP contribution in [0.15, 0.2) is 35.9 Å². The van der Waals surface area contributed by atoms with E-state index < -0.39 is 5.97 Å². The van der Waals surface area contributed by atoms with Crippen molar-refractivity contribution >= 4 is 17.7 Å². The Hall–Kier alpha value is -2.50. The molecule has 24 heavy (non-hydrogen) atoms. The van der Waals surface area contributed by atoms with Gasteiger partial charge in [-0.2, -0.15) is 0 Å². The molecule has 6 nitrogen and oxygen atoms in total. The third kappa shape index (κ3) is 5.61. The van der Waals surface area contributed by atoms with E-state index in [9.17, 15) is 9.59 Å². The fourth-order valence-electron chi connectivity index (χ4n) is 2.55. The highest BCUT2D eigenvalue weighted by Crippen LogP contribution is 2.20. The maximum atomic E-state index is 12.1. The molecule has 1 aliphatic carbocycles. The first-order chi connectivity index (χ1) is 11.6. The maximum absolute atomic E-state index is 12.1. The number of nitrogens with one attached hydrogen (secondary N) is 2. The Balaban J connectivity index is 1.81. The van der Waals surface area contributed by atoms with Gasteiger partial charge in [0.2, 0.25) is 0 Å². The predicted octanol–water partition coefficient (Wildman–Crippen LogP) is 3.25. The molecule has 2 amide bonds. The van der Waals surface area contributed by atoms with E-state index in [0.29, 0.717) is 11.4 Å². The van der Waals surface area contributed by atoms with Crippen LogP contribution in [0, 0.1) is 0 Å². The van der Waals surface area contributed by atoms with Crippen LogP contribution in [0.25, 0.3) is 0 Å². The van der Waals surface area contributed by atoms with Crippen molar-refractivity contribution in [1.82, 2.24) is 5.32 Å². The second kappa shape index (κ2) is 8.96. The van der Waals surface area contributed by atoms with Gasteiger partial charge in [-0.1, -0.05) is 11.6 Å². The Morgan fingerprint density at radius 1 is 1.21 bits per heavy atom. The summed E-state index contributed by atoms with van der Waals surface area (Å²) in [4.78, 5) is 23.1. The van der Waals surface area contributed by atoms with E-state index in [1.807, 2.05) is 6.92 Å². The number of benzene rings is 1. The van der Waals surface area contributed by atoms with Crippen molar-refractivity contribution in [3.8, 4) is 5.75 Å². The number of ether oxygens (including phenoxy) is 2. The maximum Gasteiger partial charge on any atom is 0.343 e. The number of allylic oxidation sites excluding steroid dienone is 1. The van der Waals surface area contributed by atoms with Crippen LogP contribution in [0.5, 0.6) is 5.75 Å². The summed E-state index contributed by atoms with van der Waals surface area (Å²) in [6.45, 7) is 1.86. The molecule has 0 fully saturated rings. The molecule has 2 N–H and O–H groups in total. The van der Waals surface area contributed by atoms with Crippen molar-refractivity contribution in [1.29, 1.82) is 0 Å². The van der Waals surface area contributed by atoms with Crippen LogP contribution < -0.4 is 15.4 Å². The number of carbonyl (C=O) groups is 2. The highest BCUT2D eigenvalue weighted by atomic mass is 16.6. The molecule has 130 valence electrons. The molecule has 0 aromatic heterocycles. The fourth-order valence-corrected chi connectivity index (χ4v) is 2.55. The van der Waals surface area contributed by atoms with Gasteiger partial charge in [0.25, 0.3) is 0 Å². The van der Waals surface area contributed by atoms with Gasteiger partial charge in [0, 0.05) is 11.7 Å². The average Bonchev–Trinajstić information content (AvgIpc) is 2.61. The summed E-state index contributed by atoms with van der Waals surface area (Å²) in [7, 11) is 1.31. The normalized spacial score (nSPS) is 15.0. The van der Waals surface area contributed by atoms with Crippen molar-refractivity contribution in [2.24, 2.45) is 0 Å². The van der Waals surface area contributed by atoms with E-state index in [2.05, 4.69) is 21.4 Å². The molecule has 0 aliphatic heterocycles. The summed E-state index contributed by atoms with van der Waals surface area (Å²) in [5, 5.41) is 5.74. The van der Waals surface area contributed by atoms with Gasteiger partial charge in [-0.05, 0) is 56.9 Å². The van der Waals surface area contributed by atoms with Crippen molar-refractivity contribution in [3.05, 3.63) is 35.9 Å². The van der Waals surface area contributed by atoms with Crippen molar-refractivity contribution in [3.63, 3.8) is 0 Å². The van der Waals surface area contributed by atoms with E-state index >= 15 is 0 Å². The van der Waals surface area contributed by atoms with Crippen molar-refractivity contribution < 1.29 is 19.1 Å². The molecule has 0 heterocycles. The summed E-state index contributed by atoms with van der Waals surface area (Å²) >= 11 is 0. The number of carbonyl (C=O) groups excluding carboxylic acids is 2. The van der Waals surface area contributed by atoms with Gasteiger partial charge in [-0.15, -0.1) is 0 Å². The van der Waals surface area contributed by atoms with Crippen molar-refractivity contribution in [2.75, 3.05) is 19.0 Å². The molecule has 0 radical (unpaired) electrons. The number of methoxy groups -OCH3 is 1. The number of hydrogen-bond acceptors (Lipinski definition) is 4. The van der Waals surface area contributed by atoms with Crippen LogP contribution in [0.4, 0.5) is 10.5 Å². The van der Waals surface area contributed by atoms with Gasteiger partial charge in [0.15, 0.2) is 6.61 Å². The first kappa shape index (κ1) is 17.8. The first-order valence-electron chi connectivity index (χ1n) is 8.14. The standard InChI is InChI=1S/C18H24N2O4/c1-13(14-6-4-3-5-7-14)19-18(22)20-15-8-10-16(11-9-15)24-12-17(21)23-2/h6,8-11,13H,3-5,7,12H2,1-2H3,(H2,19,20,22)/t13-/m0/s1. The van der Waals surface area contributed by atoms with Gasteiger partial charge in [-0.3, -0.25) is 0 Å². The molecule has 0 spiro atoms. The number of anilines is 1. The molecule has 2 rings (SSSR count). The minimum atomic E-state index is -0.442. The highest BCUT2D eigenvalue weighted by molar-refractivity contribution is 5.89. The number of rotatable bonds is 6. The van der Waals surface area contributed by atoms with Crippen LogP contribution in [-0.4, -0.2) is 31.8 Å². The van der Waals surface area contributed by atoms with Gasteiger partial charge in [0.1, 0.15) is 5.75 Å². The van der Waals surface area contributed by atoms with Gasteiger partial charge < -0.3 is 20.1 Å². The number of hydrogen-bond donors (Lipinski definition) is 2. The third-order valence-corrected chi connectivity index (χ3v) is 3.93. The Bertz CT molecular complexity index is 596. The minimum absolute atomic E-state index is 0.0352. The summed E-state index contributed by atoms with van der Waals surface area (Å²) in [5.41, 5.74) is 1.95. The fraction of sp³-hybridized carbons (Fsp3) is 0.444. The van der Waals surface area contributed by atoms with Crippen LogP contribution in [-0.2, 0) is 9.53 Å². The average molecular weight is 332 g/mol. The van der Waals surface area contributed by atoms with Crippen LogP contribution >= 0.6 is 0 Å². The molecule has 6 heteroatoms. The SMILES string of the molecule is COC(=O)COc1ccc(NC(=O)N[C@@H](C)C2=CCCCC2)cc1. The molecule has 0 saturated heterocycles. The number of amides is 2. The Kier molecular flexibility index (Phi) is 6.66. The lowest BCUT2D eigenvalue weighted by molar-refractivity contribution is -0.142. The molecule has 1 atom stereocenters. The quantitative estimate of drug-likeness (QED) is 0.619. The number of esters is 1. The van der Waals surface area contributed by atoms with Gasteiger partial charge in [0.05, 0.1) is 7.11 Å². The minimum Gasteiger partial charge on any atom is -0.482 e. The lowest BCUT2D eigenvalue weighted by Crippen LogP contribution is -2.37. The third-order valence-electron chi connectivity index (χ3n) is 3.93. The molecular weight excluding hydrogens is 308 g/mol. The van der Waals surface area contributed by atoms with Gasteiger partial charge in [-0.25, -0.2) is 9.59 Å². The molecule has 0 saturated carbocycles. The number of urea groups is 1. The Morgan fingerprint density at radius 2 is 1.96 bits per heavy atom. The summed E-state index contributed by atoms with van der Waals surface area (Å²) in [5.74, 6) is 0.0923. The highest BCUT2D eigenvalue weighted by Gasteiger charge is 2.14. The lowest BCUT2D eigenvalue weighted by Gasteiger charge is -2.21. The molecule has 1 aromatic carbocycles. The zero-order valence-corrected chi connectivity index (χ0v) is 14.1. The second-order valence-corrected chi connectivity index (χ2v) is 5.73. The lowest BCUT2D eigenvalue weighted by atomic mass is 9.95. The Morgan fingerprint density at radius 3 is 2.58 bits per heavy atom. The van der Waals surface area contributed by atoms with Crippen LogP contribution in [0.2, 0.25) is 0 Å². The molecule has 1 aliphatic rings. The van der Waals surface area contributed by atoms with E-state index in [4.69, 9.17) is 4.74 Å². The molecule has 1 aromatic rings. The van der Waals surface area contributed by atoms with Crippen LogP contribution in [0.3, 0.4) is 0 Å². The smallest absolute Gasteiger partial charge is 0.343 e. The topological polar surface area (TPSA) is 76.7 Å². The summed E-state index contributed by atoms with van der Waals surface area (Å²) < 4.78 is 9.75. The molecule has 0 bridgehead atoms. The molecule has 0 unspecified atom stereocenters. The van der Waals surface area contributed by atoms with E-state index in [1.165, 1.54) is 25.5 Å². The van der Waals surface area contributed by atoms with Gasteiger partial charge >= 0.3 is 12.0 Å². The molecular formula is C18H24N2O4. The van der Waals surface area contributed by atoms with E-state index in [0.717, 1.165) is 12.8 Å².